The van der Waals surface area contributed by atoms with Gasteiger partial charge in [0, 0.05) is 23.7 Å². The molecular formula is C13H18BrNO. The lowest BCUT2D eigenvalue weighted by molar-refractivity contribution is 0.147. The third-order valence-electron chi connectivity index (χ3n) is 3.05. The highest BCUT2D eigenvalue weighted by molar-refractivity contribution is 9.10. The minimum absolute atomic E-state index is 0.507. The van der Waals surface area contributed by atoms with E-state index in [-0.39, 0.29) is 0 Å². The molecule has 0 amide bonds. The van der Waals surface area contributed by atoms with Gasteiger partial charge >= 0.3 is 0 Å². The lowest BCUT2D eigenvalue weighted by atomic mass is 10.1. The van der Waals surface area contributed by atoms with Crippen molar-refractivity contribution in [2.75, 3.05) is 19.8 Å². The van der Waals surface area contributed by atoms with Crippen molar-refractivity contribution in [2.24, 2.45) is 0 Å². The van der Waals surface area contributed by atoms with E-state index in [9.17, 15) is 0 Å². The Morgan fingerprint density at radius 3 is 3.19 bits per heavy atom. The molecule has 0 spiro atoms. The van der Waals surface area contributed by atoms with Crippen molar-refractivity contribution in [3.8, 4) is 0 Å². The molecule has 0 aliphatic heterocycles. The Labute approximate surface area is 106 Å². The summed E-state index contributed by atoms with van der Waals surface area (Å²) in [5.74, 6) is 0. The predicted molar refractivity (Wildman–Crippen MR) is 69.7 cm³/mol. The average molecular weight is 284 g/mol. The number of hydrogen-bond donors (Lipinski definition) is 1. The molecule has 0 radical (unpaired) electrons. The van der Waals surface area contributed by atoms with Gasteiger partial charge in [-0.05, 0) is 37.0 Å². The van der Waals surface area contributed by atoms with Crippen LogP contribution in [0.5, 0.6) is 0 Å². The van der Waals surface area contributed by atoms with Gasteiger partial charge in [-0.25, -0.2) is 0 Å². The molecule has 1 unspecified atom stereocenters. The van der Waals surface area contributed by atoms with Crippen molar-refractivity contribution in [1.29, 1.82) is 0 Å². The van der Waals surface area contributed by atoms with E-state index >= 15 is 0 Å². The van der Waals surface area contributed by atoms with Gasteiger partial charge in [-0.2, -0.15) is 0 Å². The van der Waals surface area contributed by atoms with Crippen molar-refractivity contribution in [1.82, 2.24) is 5.32 Å². The van der Waals surface area contributed by atoms with Crippen molar-refractivity contribution in [3.63, 3.8) is 0 Å². The first-order valence-electron chi connectivity index (χ1n) is 5.91. The van der Waals surface area contributed by atoms with E-state index < -0.39 is 0 Å². The van der Waals surface area contributed by atoms with Crippen LogP contribution in [-0.2, 0) is 11.2 Å². The van der Waals surface area contributed by atoms with E-state index in [4.69, 9.17) is 4.74 Å². The molecule has 1 aliphatic carbocycles. The summed E-state index contributed by atoms with van der Waals surface area (Å²) in [5.41, 5.74) is 2.92. The molecule has 1 atom stereocenters. The molecule has 3 heteroatoms. The van der Waals surface area contributed by atoms with E-state index in [0.29, 0.717) is 6.04 Å². The SMILES string of the molecule is CCOCCNC1CCc2c(Br)cccc21. The fourth-order valence-corrected chi connectivity index (χ4v) is 2.85. The van der Waals surface area contributed by atoms with Gasteiger partial charge in [0.1, 0.15) is 0 Å². The number of hydrogen-bond acceptors (Lipinski definition) is 2. The molecule has 0 bridgehead atoms. The van der Waals surface area contributed by atoms with Crippen LogP contribution in [0.3, 0.4) is 0 Å². The van der Waals surface area contributed by atoms with Gasteiger partial charge in [0.05, 0.1) is 6.61 Å². The van der Waals surface area contributed by atoms with Crippen molar-refractivity contribution in [2.45, 2.75) is 25.8 Å². The first kappa shape index (κ1) is 12.1. The Bertz CT molecular complexity index is 354. The first-order chi connectivity index (χ1) is 7.83. The Morgan fingerprint density at radius 1 is 1.50 bits per heavy atom. The van der Waals surface area contributed by atoms with Crippen LogP contribution in [0.4, 0.5) is 0 Å². The maximum atomic E-state index is 5.33. The zero-order valence-corrected chi connectivity index (χ0v) is 11.2. The normalized spacial score (nSPS) is 18.8. The summed E-state index contributed by atoms with van der Waals surface area (Å²) in [6.45, 7) is 4.57. The molecule has 0 aromatic heterocycles. The summed E-state index contributed by atoms with van der Waals surface area (Å²) in [6, 6.07) is 6.98. The molecule has 1 aliphatic rings. The van der Waals surface area contributed by atoms with Crippen LogP contribution >= 0.6 is 15.9 Å². The number of halogens is 1. The third-order valence-corrected chi connectivity index (χ3v) is 3.80. The van der Waals surface area contributed by atoms with Gasteiger partial charge < -0.3 is 10.1 Å². The van der Waals surface area contributed by atoms with E-state index in [0.717, 1.165) is 19.8 Å². The third kappa shape index (κ3) is 2.65. The van der Waals surface area contributed by atoms with Crippen molar-refractivity contribution < 1.29 is 4.74 Å². The van der Waals surface area contributed by atoms with Crippen LogP contribution in [0.1, 0.15) is 30.5 Å². The second-order valence-electron chi connectivity index (χ2n) is 4.05. The monoisotopic (exact) mass is 283 g/mol. The van der Waals surface area contributed by atoms with Crippen LogP contribution < -0.4 is 5.32 Å². The molecule has 0 saturated heterocycles. The smallest absolute Gasteiger partial charge is 0.0590 e. The van der Waals surface area contributed by atoms with Gasteiger partial charge in [-0.1, -0.05) is 28.1 Å². The largest absolute Gasteiger partial charge is 0.380 e. The average Bonchev–Trinajstić information content (AvgIpc) is 2.70. The zero-order valence-electron chi connectivity index (χ0n) is 9.63. The minimum Gasteiger partial charge on any atom is -0.380 e. The second kappa shape index (κ2) is 5.80. The van der Waals surface area contributed by atoms with Gasteiger partial charge in [0.2, 0.25) is 0 Å². The Kier molecular flexibility index (Phi) is 4.38. The second-order valence-corrected chi connectivity index (χ2v) is 4.90. The fourth-order valence-electron chi connectivity index (χ4n) is 2.27. The zero-order chi connectivity index (χ0) is 11.4. The lowest BCUT2D eigenvalue weighted by Gasteiger charge is -2.14. The number of fused-ring (bicyclic) bond motifs is 1. The Hall–Kier alpha value is -0.380. The van der Waals surface area contributed by atoms with Gasteiger partial charge in [0.15, 0.2) is 0 Å². The highest BCUT2D eigenvalue weighted by atomic mass is 79.9. The standard InChI is InChI=1S/C13H18BrNO/c1-2-16-9-8-15-13-7-6-10-11(13)4-3-5-12(10)14/h3-5,13,15H,2,6-9H2,1H3. The molecule has 2 rings (SSSR count). The van der Waals surface area contributed by atoms with Crippen LogP contribution in [0.25, 0.3) is 0 Å². The number of nitrogens with one attached hydrogen (secondary N) is 1. The van der Waals surface area contributed by atoms with Crippen LogP contribution in [0.2, 0.25) is 0 Å². The number of benzene rings is 1. The quantitative estimate of drug-likeness (QED) is 0.839. The van der Waals surface area contributed by atoms with Crippen molar-refractivity contribution >= 4 is 15.9 Å². The Morgan fingerprint density at radius 2 is 2.38 bits per heavy atom. The van der Waals surface area contributed by atoms with Crippen LogP contribution in [0.15, 0.2) is 22.7 Å². The summed E-state index contributed by atoms with van der Waals surface area (Å²) >= 11 is 3.62. The maximum absolute atomic E-state index is 5.33. The molecule has 16 heavy (non-hydrogen) atoms. The van der Waals surface area contributed by atoms with E-state index in [1.807, 2.05) is 6.92 Å². The molecule has 0 saturated carbocycles. The van der Waals surface area contributed by atoms with E-state index in [1.165, 1.54) is 28.4 Å². The molecule has 88 valence electrons. The molecule has 2 nitrogen and oxygen atoms in total. The molecule has 0 fully saturated rings. The molecule has 1 N–H and O–H groups in total. The molecular weight excluding hydrogens is 266 g/mol. The van der Waals surface area contributed by atoms with Gasteiger partial charge in [-0.15, -0.1) is 0 Å². The molecule has 1 aromatic carbocycles. The van der Waals surface area contributed by atoms with Crippen LogP contribution in [-0.4, -0.2) is 19.8 Å². The van der Waals surface area contributed by atoms with Gasteiger partial charge in [-0.3, -0.25) is 0 Å². The summed E-state index contributed by atoms with van der Waals surface area (Å²) < 4.78 is 6.58. The molecule has 0 heterocycles. The summed E-state index contributed by atoms with van der Waals surface area (Å²) in [6.07, 6.45) is 2.37. The number of rotatable bonds is 5. The topological polar surface area (TPSA) is 21.3 Å². The lowest BCUT2D eigenvalue weighted by Crippen LogP contribution is -2.23. The van der Waals surface area contributed by atoms with E-state index in [1.54, 1.807) is 0 Å². The predicted octanol–water partition coefficient (Wildman–Crippen LogP) is 3.06. The Balaban J connectivity index is 1.93. The fraction of sp³-hybridized carbons (Fsp3) is 0.538. The number of ether oxygens (including phenoxy) is 1. The summed E-state index contributed by atoms with van der Waals surface area (Å²) in [5, 5.41) is 3.55. The minimum atomic E-state index is 0.507. The van der Waals surface area contributed by atoms with Crippen molar-refractivity contribution in [3.05, 3.63) is 33.8 Å². The highest BCUT2D eigenvalue weighted by Crippen LogP contribution is 2.35. The summed E-state index contributed by atoms with van der Waals surface area (Å²) in [4.78, 5) is 0. The van der Waals surface area contributed by atoms with Crippen LogP contribution in [0, 0.1) is 0 Å². The first-order valence-corrected chi connectivity index (χ1v) is 6.70. The van der Waals surface area contributed by atoms with Gasteiger partial charge in [0.25, 0.3) is 0 Å². The summed E-state index contributed by atoms with van der Waals surface area (Å²) in [7, 11) is 0. The van der Waals surface area contributed by atoms with E-state index in [2.05, 4.69) is 39.4 Å². The highest BCUT2D eigenvalue weighted by Gasteiger charge is 2.22. The maximum Gasteiger partial charge on any atom is 0.0590 e. The molecule has 1 aromatic rings.